The van der Waals surface area contributed by atoms with Gasteiger partial charge in [-0.1, -0.05) is 19.1 Å². The molecule has 7 nitrogen and oxygen atoms in total. The molecular weight excluding hydrogens is 533 g/mol. The highest BCUT2D eigenvalue weighted by atomic mass is 19.1. The average Bonchev–Trinajstić information content (AvgIpc) is 3.84. The van der Waals surface area contributed by atoms with E-state index in [-0.39, 0.29) is 23.3 Å². The predicted octanol–water partition coefficient (Wildman–Crippen LogP) is 6.09. The van der Waals surface area contributed by atoms with Crippen LogP contribution in [0.4, 0.5) is 4.39 Å². The Morgan fingerprint density at radius 2 is 1.76 bits per heavy atom. The molecule has 42 heavy (non-hydrogen) atoms. The number of benzene rings is 2. The number of carboxylic acid groups (broad SMARTS) is 1. The monoisotopic (exact) mass is 571 g/mol. The summed E-state index contributed by atoms with van der Waals surface area (Å²) in [5, 5.41) is 9.64. The summed E-state index contributed by atoms with van der Waals surface area (Å²) in [5.41, 5.74) is 6.44. The molecule has 8 heteroatoms. The third kappa shape index (κ3) is 5.64. The van der Waals surface area contributed by atoms with Gasteiger partial charge < -0.3 is 14.7 Å². The van der Waals surface area contributed by atoms with Crippen LogP contribution in [0.3, 0.4) is 0 Å². The van der Waals surface area contributed by atoms with Gasteiger partial charge in [0.15, 0.2) is 0 Å². The maximum Gasteiger partial charge on any atom is 0.337 e. The van der Waals surface area contributed by atoms with E-state index in [4.69, 9.17) is 4.74 Å². The molecule has 0 atom stereocenters. The Morgan fingerprint density at radius 1 is 1.02 bits per heavy atom. The van der Waals surface area contributed by atoms with Crippen molar-refractivity contribution in [3.8, 4) is 16.9 Å². The van der Waals surface area contributed by atoms with E-state index >= 15 is 0 Å². The first kappa shape index (κ1) is 28.3. The van der Waals surface area contributed by atoms with Crippen LogP contribution in [0.25, 0.3) is 11.1 Å². The Kier molecular flexibility index (Phi) is 7.99. The second-order valence-electron chi connectivity index (χ2n) is 11.7. The van der Waals surface area contributed by atoms with Crippen molar-refractivity contribution in [1.29, 1.82) is 0 Å². The van der Waals surface area contributed by atoms with Crippen molar-refractivity contribution in [2.24, 2.45) is 0 Å². The number of aromatic carboxylic acids is 1. The van der Waals surface area contributed by atoms with E-state index in [9.17, 15) is 19.1 Å². The van der Waals surface area contributed by atoms with Gasteiger partial charge in [0.2, 0.25) is 0 Å². The number of carbonyl (C=O) groups is 2. The Bertz CT molecular complexity index is 1490. The lowest BCUT2D eigenvalue weighted by Gasteiger charge is -2.40. The van der Waals surface area contributed by atoms with Crippen molar-refractivity contribution in [1.82, 2.24) is 14.8 Å². The van der Waals surface area contributed by atoms with E-state index in [2.05, 4.69) is 22.0 Å². The van der Waals surface area contributed by atoms with Gasteiger partial charge in [-0.3, -0.25) is 14.7 Å². The summed E-state index contributed by atoms with van der Waals surface area (Å²) in [6.07, 6.45) is 5.23. The number of ether oxygens (including phenoxy) is 1. The van der Waals surface area contributed by atoms with Crippen LogP contribution in [-0.2, 0) is 19.4 Å². The second kappa shape index (κ2) is 11.8. The molecule has 0 spiro atoms. The third-order valence-electron chi connectivity index (χ3n) is 8.92. The van der Waals surface area contributed by atoms with E-state index in [0.717, 1.165) is 55.0 Å². The molecule has 1 N–H and O–H groups in total. The molecule has 6 rings (SSSR count). The van der Waals surface area contributed by atoms with Gasteiger partial charge in [-0.05, 0) is 92.0 Å². The van der Waals surface area contributed by atoms with Crippen molar-refractivity contribution in [2.75, 3.05) is 26.2 Å². The molecule has 2 fully saturated rings. The molecular formula is C34H38FN3O4. The van der Waals surface area contributed by atoms with Crippen LogP contribution in [0.5, 0.6) is 5.75 Å². The number of piperidine rings is 1. The Labute approximate surface area is 246 Å². The standard InChI is InChI=1S/C34H38FN3O4/c1-3-30-29(34(40)41)18-28-31(36-30)13-16-38(33(28)39)25-11-14-37(15-12-25)20-23-17-26(21-5-6-21)27(19-32(23)42-4-2)22-7-9-24(35)10-8-22/h7-10,17-19,21,25H,3-6,11-16,20H2,1-2H3,(H,40,41). The van der Waals surface area contributed by atoms with Crippen LogP contribution in [0, 0.1) is 5.82 Å². The highest BCUT2D eigenvalue weighted by molar-refractivity contribution is 5.99. The van der Waals surface area contributed by atoms with E-state index < -0.39 is 5.97 Å². The van der Waals surface area contributed by atoms with Gasteiger partial charge >= 0.3 is 5.97 Å². The van der Waals surface area contributed by atoms with E-state index in [1.165, 1.54) is 42.2 Å². The largest absolute Gasteiger partial charge is 0.494 e. The zero-order valence-corrected chi connectivity index (χ0v) is 24.4. The first-order valence-corrected chi connectivity index (χ1v) is 15.2. The molecule has 0 bridgehead atoms. The van der Waals surface area contributed by atoms with E-state index in [0.29, 0.717) is 43.2 Å². The quantitative estimate of drug-likeness (QED) is 0.335. The number of fused-ring (bicyclic) bond motifs is 1. The number of carboxylic acids is 1. The molecule has 2 aliphatic heterocycles. The first-order valence-electron chi connectivity index (χ1n) is 15.2. The number of carbonyl (C=O) groups excluding carboxylic acids is 1. The summed E-state index contributed by atoms with van der Waals surface area (Å²) in [7, 11) is 0. The van der Waals surface area contributed by atoms with Crippen molar-refractivity contribution >= 4 is 11.9 Å². The van der Waals surface area contributed by atoms with Gasteiger partial charge in [0.05, 0.1) is 29.1 Å². The summed E-state index contributed by atoms with van der Waals surface area (Å²) in [6, 6.07) is 12.8. The smallest absolute Gasteiger partial charge is 0.337 e. The van der Waals surface area contributed by atoms with Crippen molar-refractivity contribution in [2.45, 2.75) is 70.9 Å². The maximum absolute atomic E-state index is 13.6. The van der Waals surface area contributed by atoms with Gasteiger partial charge in [0, 0.05) is 44.2 Å². The second-order valence-corrected chi connectivity index (χ2v) is 11.7. The van der Waals surface area contributed by atoms with Gasteiger partial charge in [0.1, 0.15) is 11.6 Å². The third-order valence-corrected chi connectivity index (χ3v) is 8.92. The SMILES string of the molecule is CCOc1cc(-c2ccc(F)cc2)c(C2CC2)cc1CN1CCC(N2CCc3nc(CC)c(C(=O)O)cc3C2=O)CC1. The van der Waals surface area contributed by atoms with Crippen molar-refractivity contribution in [3.63, 3.8) is 0 Å². The molecule has 3 aromatic rings. The minimum Gasteiger partial charge on any atom is -0.494 e. The molecule has 220 valence electrons. The summed E-state index contributed by atoms with van der Waals surface area (Å²) in [5.74, 6) is 0.0282. The predicted molar refractivity (Wildman–Crippen MR) is 159 cm³/mol. The number of hydrogen-bond donors (Lipinski definition) is 1. The minimum absolute atomic E-state index is 0.101. The Morgan fingerprint density at radius 3 is 2.40 bits per heavy atom. The lowest BCUT2D eigenvalue weighted by Crippen LogP contribution is -2.50. The molecule has 1 amide bonds. The summed E-state index contributed by atoms with van der Waals surface area (Å²) in [6.45, 7) is 7.55. The number of nitrogens with zero attached hydrogens (tertiary/aromatic N) is 3. The van der Waals surface area contributed by atoms with Crippen molar-refractivity contribution in [3.05, 3.63) is 81.9 Å². The number of aryl methyl sites for hydroxylation is 1. The zero-order chi connectivity index (χ0) is 29.4. The molecule has 1 saturated heterocycles. The number of amides is 1. The highest BCUT2D eigenvalue weighted by Crippen LogP contribution is 2.46. The number of pyridine rings is 1. The normalized spacial score (nSPS) is 17.8. The molecule has 1 saturated carbocycles. The molecule has 3 aliphatic rings. The number of likely N-dealkylation sites (tertiary alicyclic amines) is 1. The maximum atomic E-state index is 13.6. The van der Waals surface area contributed by atoms with E-state index in [1.54, 1.807) is 0 Å². The van der Waals surface area contributed by atoms with Gasteiger partial charge in [0.25, 0.3) is 5.91 Å². The molecule has 1 aromatic heterocycles. The molecule has 0 radical (unpaired) electrons. The summed E-state index contributed by atoms with van der Waals surface area (Å²) < 4.78 is 19.8. The number of aromatic nitrogens is 1. The van der Waals surface area contributed by atoms with Crippen LogP contribution in [0.2, 0.25) is 0 Å². The zero-order valence-electron chi connectivity index (χ0n) is 24.4. The lowest BCUT2D eigenvalue weighted by molar-refractivity contribution is 0.0543. The Balaban J connectivity index is 1.17. The van der Waals surface area contributed by atoms with Crippen LogP contribution in [-0.4, -0.2) is 64.0 Å². The molecule has 2 aromatic carbocycles. The fourth-order valence-electron chi connectivity index (χ4n) is 6.55. The van der Waals surface area contributed by atoms with Gasteiger partial charge in [-0.25, -0.2) is 9.18 Å². The van der Waals surface area contributed by atoms with E-state index in [1.807, 2.05) is 30.9 Å². The van der Waals surface area contributed by atoms with Crippen molar-refractivity contribution < 1.29 is 23.8 Å². The molecule has 0 unspecified atom stereocenters. The molecule has 3 heterocycles. The average molecular weight is 572 g/mol. The van der Waals surface area contributed by atoms with Gasteiger partial charge in [-0.2, -0.15) is 0 Å². The number of rotatable bonds is 9. The fraction of sp³-hybridized carbons (Fsp3) is 0.441. The van der Waals surface area contributed by atoms with Crippen LogP contribution in [0.15, 0.2) is 42.5 Å². The summed E-state index contributed by atoms with van der Waals surface area (Å²) in [4.78, 5) is 34.2. The highest BCUT2D eigenvalue weighted by Gasteiger charge is 2.34. The number of hydrogen-bond acceptors (Lipinski definition) is 5. The molecule has 1 aliphatic carbocycles. The van der Waals surface area contributed by atoms with Gasteiger partial charge in [-0.15, -0.1) is 0 Å². The summed E-state index contributed by atoms with van der Waals surface area (Å²) >= 11 is 0. The first-order chi connectivity index (χ1) is 20.4. The van der Waals surface area contributed by atoms with Crippen LogP contribution >= 0.6 is 0 Å². The lowest BCUT2D eigenvalue weighted by atomic mass is 9.93. The fourth-order valence-corrected chi connectivity index (χ4v) is 6.55. The van der Waals surface area contributed by atoms with Crippen LogP contribution < -0.4 is 4.74 Å². The topological polar surface area (TPSA) is 83.0 Å². The minimum atomic E-state index is -1.04. The van der Waals surface area contributed by atoms with Crippen LogP contribution in [0.1, 0.15) is 88.7 Å². The Hall–Kier alpha value is -3.78. The number of halogens is 1.